The fraction of sp³-hybridized carbons (Fsp3) is 0.650. The second kappa shape index (κ2) is 14.6. The lowest BCUT2D eigenvalue weighted by Gasteiger charge is -2.12. The quantitative estimate of drug-likeness (QED) is 0.235. The minimum Gasteiger partial charge on any atom is -0.495 e. The van der Waals surface area contributed by atoms with Crippen LogP contribution in [0.2, 0.25) is 0 Å². The van der Waals surface area contributed by atoms with Gasteiger partial charge in [-0.2, -0.15) is 8.42 Å². The van der Waals surface area contributed by atoms with E-state index in [1.54, 1.807) is 6.07 Å². The highest BCUT2D eigenvalue weighted by Crippen LogP contribution is 2.27. The summed E-state index contributed by atoms with van der Waals surface area (Å²) in [6.45, 7) is 0.175. The number of hydrogen-bond acceptors (Lipinski definition) is 7. The van der Waals surface area contributed by atoms with Crippen LogP contribution < -0.4 is 14.8 Å². The van der Waals surface area contributed by atoms with Crippen LogP contribution in [0.4, 0.5) is 5.82 Å². The number of hydrogen-bond donors (Lipinski definition) is 3. The summed E-state index contributed by atoms with van der Waals surface area (Å²) in [6, 6.07) is 1.59. The highest BCUT2D eigenvalue weighted by molar-refractivity contribution is 7.85. The van der Waals surface area contributed by atoms with Gasteiger partial charge in [-0.3, -0.25) is 14.1 Å². The Morgan fingerprint density at radius 1 is 1.03 bits per heavy atom. The third-order valence-corrected chi connectivity index (χ3v) is 5.22. The molecule has 1 aromatic heterocycles. The number of carboxylic acid groups (broad SMARTS) is 1. The minimum atomic E-state index is -3.87. The van der Waals surface area contributed by atoms with Crippen LogP contribution in [0.5, 0.6) is 11.5 Å². The van der Waals surface area contributed by atoms with E-state index in [0.717, 1.165) is 32.1 Å². The number of aromatic nitrogens is 1. The standard InChI is InChI=1S/C20H32N2O8S/c1-29-16-14-17(30-12-9-11-19(24)25)20(21-15-16)22-18(23)10-7-5-3-2-4-6-8-13-31(26,27)28/h14-15H,2-13H2,1H3,(H,24,25)(H,21,22,23)(H,26,27,28). The second-order valence-corrected chi connectivity index (χ2v) is 8.70. The summed E-state index contributed by atoms with van der Waals surface area (Å²) in [5, 5.41) is 11.4. The number of methoxy groups -OCH3 is 1. The number of carbonyl (C=O) groups is 2. The summed E-state index contributed by atoms with van der Waals surface area (Å²) in [5.41, 5.74) is 0. The fourth-order valence-corrected chi connectivity index (χ4v) is 3.37. The topological polar surface area (TPSA) is 152 Å². The monoisotopic (exact) mass is 460 g/mol. The predicted molar refractivity (Wildman–Crippen MR) is 115 cm³/mol. The lowest BCUT2D eigenvalue weighted by Crippen LogP contribution is -2.14. The maximum absolute atomic E-state index is 12.2. The first-order chi connectivity index (χ1) is 14.7. The van der Waals surface area contributed by atoms with Gasteiger partial charge in [0.25, 0.3) is 10.1 Å². The number of nitrogens with one attached hydrogen (secondary N) is 1. The number of amides is 1. The Balaban J connectivity index is 2.31. The molecule has 3 N–H and O–H groups in total. The number of ether oxygens (including phenoxy) is 2. The summed E-state index contributed by atoms with van der Waals surface area (Å²) in [5.74, 6) is -0.247. The molecule has 11 heteroatoms. The third kappa shape index (κ3) is 13.5. The Kier molecular flexibility index (Phi) is 12.5. The van der Waals surface area contributed by atoms with Gasteiger partial charge in [0.05, 0.1) is 25.7 Å². The number of anilines is 1. The van der Waals surface area contributed by atoms with E-state index in [-0.39, 0.29) is 30.5 Å². The van der Waals surface area contributed by atoms with Crippen molar-refractivity contribution in [2.45, 2.75) is 64.2 Å². The second-order valence-electron chi connectivity index (χ2n) is 7.13. The molecule has 0 aliphatic heterocycles. The normalized spacial score (nSPS) is 11.2. The van der Waals surface area contributed by atoms with Gasteiger partial charge >= 0.3 is 5.97 Å². The molecule has 10 nitrogen and oxygen atoms in total. The molecule has 1 rings (SSSR count). The van der Waals surface area contributed by atoms with Crippen molar-refractivity contribution in [3.63, 3.8) is 0 Å². The Bertz CT molecular complexity index is 798. The van der Waals surface area contributed by atoms with Crippen LogP contribution in [0.15, 0.2) is 12.3 Å². The molecule has 31 heavy (non-hydrogen) atoms. The molecule has 1 aromatic rings. The van der Waals surface area contributed by atoms with Gasteiger partial charge < -0.3 is 19.9 Å². The van der Waals surface area contributed by atoms with Crippen LogP contribution in [-0.4, -0.2) is 54.4 Å². The molecule has 0 saturated carbocycles. The van der Waals surface area contributed by atoms with Crippen LogP contribution in [0, 0.1) is 0 Å². The molecule has 0 unspecified atom stereocenters. The maximum atomic E-state index is 12.2. The molecule has 0 aromatic carbocycles. The van der Waals surface area contributed by atoms with Gasteiger partial charge in [0.1, 0.15) is 5.75 Å². The highest BCUT2D eigenvalue weighted by Gasteiger charge is 2.12. The summed E-state index contributed by atoms with van der Waals surface area (Å²) >= 11 is 0. The SMILES string of the molecule is COc1cnc(NC(=O)CCCCCCCCCS(=O)(=O)O)c(OCCCC(=O)O)c1. The molecule has 0 saturated heterocycles. The molecule has 0 spiro atoms. The van der Waals surface area contributed by atoms with E-state index in [1.807, 2.05) is 0 Å². The number of pyridine rings is 1. The Hall–Kier alpha value is -2.40. The Morgan fingerprint density at radius 3 is 2.29 bits per heavy atom. The van der Waals surface area contributed by atoms with Crippen molar-refractivity contribution in [1.82, 2.24) is 4.98 Å². The number of rotatable bonds is 17. The van der Waals surface area contributed by atoms with Gasteiger partial charge in [-0.1, -0.05) is 32.1 Å². The molecule has 0 aliphatic carbocycles. The van der Waals surface area contributed by atoms with Crippen molar-refractivity contribution in [3.8, 4) is 11.5 Å². The maximum Gasteiger partial charge on any atom is 0.303 e. The van der Waals surface area contributed by atoms with Gasteiger partial charge in [-0.15, -0.1) is 0 Å². The van der Waals surface area contributed by atoms with Gasteiger partial charge in [-0.05, 0) is 19.3 Å². The molecule has 0 atom stereocenters. The lowest BCUT2D eigenvalue weighted by atomic mass is 10.1. The van der Waals surface area contributed by atoms with Crippen molar-refractivity contribution < 1.29 is 37.1 Å². The first kappa shape index (κ1) is 26.6. The van der Waals surface area contributed by atoms with Crippen LogP contribution in [0.25, 0.3) is 0 Å². The molecule has 0 aliphatic rings. The van der Waals surface area contributed by atoms with Gasteiger partial charge in [-0.25, -0.2) is 4.98 Å². The number of aliphatic carboxylic acids is 1. The number of carbonyl (C=O) groups excluding carboxylic acids is 1. The fourth-order valence-electron chi connectivity index (χ4n) is 2.80. The molecule has 176 valence electrons. The largest absolute Gasteiger partial charge is 0.495 e. The molecular weight excluding hydrogens is 428 g/mol. The van der Waals surface area contributed by atoms with Crippen molar-refractivity contribution in [2.24, 2.45) is 0 Å². The van der Waals surface area contributed by atoms with Gasteiger partial charge in [0.2, 0.25) is 5.91 Å². The first-order valence-electron chi connectivity index (χ1n) is 10.3. The summed E-state index contributed by atoms with van der Waals surface area (Å²) in [7, 11) is -2.38. The lowest BCUT2D eigenvalue weighted by molar-refractivity contribution is -0.137. The number of carboxylic acids is 1. The van der Waals surface area contributed by atoms with Crippen molar-refractivity contribution >= 4 is 27.8 Å². The van der Waals surface area contributed by atoms with Crippen molar-refractivity contribution in [3.05, 3.63) is 12.3 Å². The van der Waals surface area contributed by atoms with Gasteiger partial charge in [0, 0.05) is 18.9 Å². The highest BCUT2D eigenvalue weighted by atomic mass is 32.2. The van der Waals surface area contributed by atoms with Crippen molar-refractivity contribution in [2.75, 3.05) is 24.8 Å². The van der Waals surface area contributed by atoms with Crippen LogP contribution in [-0.2, 0) is 19.7 Å². The van der Waals surface area contributed by atoms with E-state index in [9.17, 15) is 18.0 Å². The molecule has 1 amide bonds. The van der Waals surface area contributed by atoms with Gasteiger partial charge in [0.15, 0.2) is 11.6 Å². The molecule has 0 bridgehead atoms. The summed E-state index contributed by atoms with van der Waals surface area (Å²) in [6.07, 6.45) is 7.67. The first-order valence-corrected chi connectivity index (χ1v) is 12.0. The average molecular weight is 461 g/mol. The third-order valence-electron chi connectivity index (χ3n) is 4.42. The number of nitrogens with zero attached hydrogens (tertiary/aromatic N) is 1. The molecule has 0 radical (unpaired) electrons. The minimum absolute atomic E-state index is 0.0143. The molecule has 1 heterocycles. The molecule has 0 fully saturated rings. The number of unbranched alkanes of at least 4 members (excludes halogenated alkanes) is 6. The van der Waals surface area contributed by atoms with Crippen LogP contribution in [0.1, 0.15) is 64.2 Å². The molecular formula is C20H32N2O8S. The zero-order chi connectivity index (χ0) is 23.1. The van der Waals surface area contributed by atoms with Crippen LogP contribution in [0.3, 0.4) is 0 Å². The summed E-state index contributed by atoms with van der Waals surface area (Å²) in [4.78, 5) is 27.0. The zero-order valence-electron chi connectivity index (χ0n) is 17.8. The summed E-state index contributed by atoms with van der Waals surface area (Å²) < 4.78 is 40.6. The zero-order valence-corrected chi connectivity index (χ0v) is 18.7. The van der Waals surface area contributed by atoms with E-state index in [2.05, 4.69) is 10.3 Å². The Labute approximate surface area is 183 Å². The van der Waals surface area contributed by atoms with E-state index in [0.29, 0.717) is 37.2 Å². The van der Waals surface area contributed by atoms with E-state index in [1.165, 1.54) is 13.3 Å². The van der Waals surface area contributed by atoms with Crippen LogP contribution >= 0.6 is 0 Å². The Morgan fingerprint density at radius 2 is 1.68 bits per heavy atom. The van der Waals surface area contributed by atoms with E-state index >= 15 is 0 Å². The average Bonchev–Trinajstić information content (AvgIpc) is 2.70. The smallest absolute Gasteiger partial charge is 0.303 e. The predicted octanol–water partition coefficient (Wildman–Crippen LogP) is 3.28. The van der Waals surface area contributed by atoms with E-state index < -0.39 is 16.1 Å². The van der Waals surface area contributed by atoms with Crippen molar-refractivity contribution in [1.29, 1.82) is 0 Å². The van der Waals surface area contributed by atoms with E-state index in [4.69, 9.17) is 19.1 Å².